The Balaban J connectivity index is 0.000000317. The van der Waals surface area contributed by atoms with Crippen molar-refractivity contribution >= 4 is 29.4 Å². The fraction of sp³-hybridized carbons (Fsp3) is 0.455. The van der Waals surface area contributed by atoms with Gasteiger partial charge in [-0.15, -0.1) is 0 Å². The third-order valence-electron chi connectivity index (χ3n) is 5.64. The zero-order chi connectivity index (χ0) is 29.7. The Kier molecular flexibility index (Phi) is 9.65. The average Bonchev–Trinajstić information content (AvgIpc) is 3.45. The number of piperidine rings is 1. The molecule has 4 heterocycles. The summed E-state index contributed by atoms with van der Waals surface area (Å²) >= 11 is 0. The molecule has 2 aromatic heterocycles. The van der Waals surface area contributed by atoms with Crippen LogP contribution in [0.1, 0.15) is 35.3 Å². The van der Waals surface area contributed by atoms with Crippen LogP contribution in [0, 0.1) is 6.92 Å². The highest BCUT2D eigenvalue weighted by Crippen LogP contribution is 2.35. The molecule has 2 atom stereocenters. The average molecular weight is 567 g/mol. The maximum absolute atomic E-state index is 12.9. The van der Waals surface area contributed by atoms with Crippen molar-refractivity contribution in [2.24, 2.45) is 7.05 Å². The third kappa shape index (κ3) is 8.15. The number of anilines is 1. The van der Waals surface area contributed by atoms with Crippen molar-refractivity contribution in [2.45, 2.75) is 50.6 Å². The van der Waals surface area contributed by atoms with Crippen LogP contribution in [0.4, 0.5) is 32.0 Å². The monoisotopic (exact) mass is 567 g/mol. The summed E-state index contributed by atoms with van der Waals surface area (Å²) in [4.78, 5) is 51.2. The van der Waals surface area contributed by atoms with Crippen molar-refractivity contribution < 1.29 is 55.7 Å². The first-order chi connectivity index (χ1) is 17.9. The number of aliphatic carboxylic acids is 2. The van der Waals surface area contributed by atoms with Gasteiger partial charge in [0.05, 0.1) is 29.5 Å². The number of carboxylic acids is 2. The molecule has 0 bridgehead atoms. The van der Waals surface area contributed by atoms with Gasteiger partial charge in [-0.2, -0.15) is 31.4 Å². The number of hydrogen-bond acceptors (Lipinski definition) is 6. The molecule has 2 aliphatic heterocycles. The predicted octanol–water partition coefficient (Wildman–Crippen LogP) is 2.80. The van der Waals surface area contributed by atoms with E-state index >= 15 is 0 Å². The number of halogens is 6. The molecule has 0 radical (unpaired) electrons. The van der Waals surface area contributed by atoms with Crippen LogP contribution in [0.2, 0.25) is 0 Å². The summed E-state index contributed by atoms with van der Waals surface area (Å²) in [5.74, 6) is -5.40. The highest BCUT2D eigenvalue weighted by molar-refractivity contribution is 5.97. The molecule has 2 aromatic rings. The number of fused-ring (bicyclic) bond motifs is 1. The van der Waals surface area contributed by atoms with E-state index in [2.05, 4.69) is 10.1 Å². The van der Waals surface area contributed by atoms with Crippen LogP contribution in [-0.4, -0.2) is 84.6 Å². The molecule has 2 saturated heterocycles. The molecule has 0 saturated carbocycles. The number of pyridine rings is 1. The Morgan fingerprint density at radius 2 is 1.51 bits per heavy atom. The molecule has 0 unspecified atom stereocenters. The smallest absolute Gasteiger partial charge is 0.475 e. The molecule has 0 spiro atoms. The first kappa shape index (κ1) is 31.0. The highest BCUT2D eigenvalue weighted by Gasteiger charge is 2.46. The van der Waals surface area contributed by atoms with Gasteiger partial charge in [-0.25, -0.2) is 9.59 Å². The normalized spacial score (nSPS) is 18.8. The van der Waals surface area contributed by atoms with Gasteiger partial charge in [0.25, 0.3) is 5.91 Å². The minimum absolute atomic E-state index is 0.000450. The number of carboxylic acid groups (broad SMARTS) is 2. The lowest BCUT2D eigenvalue weighted by atomic mass is 9.95. The molecule has 2 amide bonds. The summed E-state index contributed by atoms with van der Waals surface area (Å²) in [6, 6.07) is 3.75. The van der Waals surface area contributed by atoms with Gasteiger partial charge in [0.1, 0.15) is 0 Å². The lowest BCUT2D eigenvalue weighted by Crippen LogP contribution is -2.53. The van der Waals surface area contributed by atoms with Gasteiger partial charge in [0, 0.05) is 38.1 Å². The van der Waals surface area contributed by atoms with Gasteiger partial charge in [-0.1, -0.05) is 0 Å². The van der Waals surface area contributed by atoms with E-state index in [4.69, 9.17) is 19.8 Å². The van der Waals surface area contributed by atoms with Crippen LogP contribution in [0.15, 0.2) is 30.7 Å². The second-order valence-corrected chi connectivity index (χ2v) is 8.39. The van der Waals surface area contributed by atoms with Crippen LogP contribution >= 0.6 is 0 Å². The highest BCUT2D eigenvalue weighted by atomic mass is 19.4. The Hall–Kier alpha value is -4.18. The summed E-state index contributed by atoms with van der Waals surface area (Å²) in [7, 11) is 1.84. The van der Waals surface area contributed by atoms with Crippen molar-refractivity contribution in [1.29, 1.82) is 0 Å². The second kappa shape index (κ2) is 12.1. The van der Waals surface area contributed by atoms with E-state index in [1.165, 1.54) is 0 Å². The molecular formula is C22H23F6N5O6. The lowest BCUT2D eigenvalue weighted by Gasteiger charge is -2.39. The lowest BCUT2D eigenvalue weighted by molar-refractivity contribution is -0.193. The van der Waals surface area contributed by atoms with Gasteiger partial charge in [0.2, 0.25) is 5.91 Å². The van der Waals surface area contributed by atoms with Crippen LogP contribution in [0.25, 0.3) is 0 Å². The zero-order valence-corrected chi connectivity index (χ0v) is 20.4. The molecule has 17 heteroatoms. The van der Waals surface area contributed by atoms with Crippen molar-refractivity contribution in [3.05, 3.63) is 42.0 Å². The summed E-state index contributed by atoms with van der Waals surface area (Å²) < 4.78 is 65.2. The summed E-state index contributed by atoms with van der Waals surface area (Å²) in [5.41, 5.74) is 2.31. The minimum atomic E-state index is -5.08. The van der Waals surface area contributed by atoms with Crippen molar-refractivity contribution in [3.8, 4) is 0 Å². The summed E-state index contributed by atoms with van der Waals surface area (Å²) in [5, 5.41) is 18.4. The number of likely N-dealkylation sites (tertiary alicyclic amines) is 1. The molecule has 39 heavy (non-hydrogen) atoms. The van der Waals surface area contributed by atoms with E-state index in [0.717, 1.165) is 17.8 Å². The van der Waals surface area contributed by atoms with Gasteiger partial charge in [-0.05, 0) is 31.9 Å². The standard InChI is InChI=1S/C18H21N5O2.2C2HF3O2/c1-12-3-4-13(9-19-12)18(25)22-8-7-16-15(22)5-6-17(24)23(16)14-10-20-21(2)11-14;2*3-2(4,5)1(6)7/h3-4,9-11,15-16H,5-8H2,1-2H3;2*(H,6,7)/t15-,16-;;/m0../s1. The number of carbonyl (C=O) groups is 4. The second-order valence-electron chi connectivity index (χ2n) is 8.39. The molecule has 2 fully saturated rings. The summed E-state index contributed by atoms with van der Waals surface area (Å²) in [6.45, 7) is 2.56. The molecular weight excluding hydrogens is 544 g/mol. The third-order valence-corrected chi connectivity index (χ3v) is 5.64. The topological polar surface area (TPSA) is 146 Å². The van der Waals surface area contributed by atoms with Crippen LogP contribution in [-0.2, 0) is 21.4 Å². The molecule has 11 nitrogen and oxygen atoms in total. The van der Waals surface area contributed by atoms with Crippen molar-refractivity contribution in [1.82, 2.24) is 19.7 Å². The Morgan fingerprint density at radius 3 is 1.95 bits per heavy atom. The molecule has 214 valence electrons. The van der Waals surface area contributed by atoms with Gasteiger partial charge >= 0.3 is 24.3 Å². The number of rotatable bonds is 2. The molecule has 0 aliphatic carbocycles. The van der Waals surface area contributed by atoms with E-state index in [9.17, 15) is 35.9 Å². The zero-order valence-electron chi connectivity index (χ0n) is 20.4. The number of nitrogens with zero attached hydrogens (tertiary/aromatic N) is 5. The van der Waals surface area contributed by atoms with Crippen molar-refractivity contribution in [3.63, 3.8) is 0 Å². The van der Waals surface area contributed by atoms with E-state index in [1.54, 1.807) is 17.1 Å². The van der Waals surface area contributed by atoms with Gasteiger partial charge in [-0.3, -0.25) is 19.3 Å². The Bertz CT molecular complexity index is 1170. The fourth-order valence-electron chi connectivity index (χ4n) is 3.94. The number of hydrogen-bond donors (Lipinski definition) is 2. The SMILES string of the molecule is Cc1ccc(C(=O)N2CC[C@H]3[C@@H]2CCC(=O)N3c2cnn(C)c2)cn1.O=C(O)C(F)(F)F.O=C(O)C(F)(F)F. The number of amides is 2. The first-order valence-corrected chi connectivity index (χ1v) is 11.1. The fourth-order valence-corrected chi connectivity index (χ4v) is 3.94. The van der Waals surface area contributed by atoms with Crippen LogP contribution < -0.4 is 4.90 Å². The Labute approximate surface area is 216 Å². The van der Waals surface area contributed by atoms with Gasteiger partial charge < -0.3 is 20.0 Å². The van der Waals surface area contributed by atoms with E-state index < -0.39 is 24.3 Å². The van der Waals surface area contributed by atoms with E-state index in [-0.39, 0.29) is 23.9 Å². The van der Waals surface area contributed by atoms with Crippen LogP contribution in [0.5, 0.6) is 0 Å². The molecule has 2 aliphatic rings. The number of alkyl halides is 6. The van der Waals surface area contributed by atoms with E-state index in [0.29, 0.717) is 24.9 Å². The maximum Gasteiger partial charge on any atom is 0.490 e. The molecule has 4 rings (SSSR count). The quantitative estimate of drug-likeness (QED) is 0.527. The minimum Gasteiger partial charge on any atom is -0.475 e. The molecule has 2 N–H and O–H groups in total. The van der Waals surface area contributed by atoms with Gasteiger partial charge in [0.15, 0.2) is 0 Å². The maximum atomic E-state index is 12.9. The number of aryl methyl sites for hydroxylation is 2. The molecule has 0 aromatic carbocycles. The Morgan fingerprint density at radius 1 is 0.949 bits per heavy atom. The predicted molar refractivity (Wildman–Crippen MR) is 120 cm³/mol. The van der Waals surface area contributed by atoms with Crippen LogP contribution in [0.3, 0.4) is 0 Å². The summed E-state index contributed by atoms with van der Waals surface area (Å²) in [6.07, 6.45) is -3.01. The first-order valence-electron chi connectivity index (χ1n) is 11.1. The largest absolute Gasteiger partial charge is 0.490 e. The van der Waals surface area contributed by atoms with E-state index in [1.807, 2.05) is 42.1 Å². The van der Waals surface area contributed by atoms with Crippen molar-refractivity contribution in [2.75, 3.05) is 11.4 Å². The number of carbonyl (C=O) groups excluding carboxylic acids is 2. The number of aromatic nitrogens is 3.